The minimum Gasteiger partial charge on any atom is -0.477 e. The Kier molecular flexibility index (Phi) is 8.76. The molecule has 2 aromatic heterocycles. The number of hydrogen-bond acceptors (Lipinski definition) is 11. The number of nitrogen functional groups attached to an aromatic ring is 1. The fourth-order valence-corrected chi connectivity index (χ4v) is 6.30. The fourth-order valence-electron chi connectivity index (χ4n) is 4.44. The number of rotatable bonds is 7. The van der Waals surface area contributed by atoms with Gasteiger partial charge in [0.2, 0.25) is 5.91 Å². The number of amides is 3. The number of oxime groups is 1. The van der Waals surface area contributed by atoms with Gasteiger partial charge in [-0.25, -0.2) is 9.78 Å². The number of nitrogens with zero attached hydrogens (tertiary/aromatic N) is 5. The summed E-state index contributed by atoms with van der Waals surface area (Å²) in [6, 6.07) is 2.61. The second-order valence-corrected chi connectivity index (χ2v) is 10.6. The molecule has 3 aliphatic rings. The monoisotopic (exact) mass is 578 g/mol. The number of thioether (sulfide) groups is 1. The first kappa shape index (κ1) is 28.8. The summed E-state index contributed by atoms with van der Waals surface area (Å²) in [6.45, 7) is 0.910. The molecule has 0 bridgehead atoms. The van der Waals surface area contributed by atoms with E-state index in [4.69, 9.17) is 5.73 Å². The summed E-state index contributed by atoms with van der Waals surface area (Å²) in [5.74, 6) is -2.76. The van der Waals surface area contributed by atoms with Gasteiger partial charge in [-0.15, -0.1) is 23.1 Å². The molecule has 5 N–H and O–H groups in total. The van der Waals surface area contributed by atoms with Crippen molar-refractivity contribution < 1.29 is 29.5 Å². The van der Waals surface area contributed by atoms with Crippen LogP contribution < -0.4 is 11.1 Å². The van der Waals surface area contributed by atoms with Crippen molar-refractivity contribution in [3.05, 3.63) is 64.1 Å². The zero-order chi connectivity index (χ0) is 27.0. The number of carbonyl (C=O) groups is 4. The predicted octanol–water partition coefficient (Wildman–Crippen LogP) is 0.0153. The van der Waals surface area contributed by atoms with Gasteiger partial charge >= 0.3 is 5.97 Å². The van der Waals surface area contributed by atoms with Gasteiger partial charge in [0.05, 0.1) is 0 Å². The molecule has 3 aliphatic heterocycles. The summed E-state index contributed by atoms with van der Waals surface area (Å²) in [7, 11) is 0. The van der Waals surface area contributed by atoms with E-state index in [0.717, 1.165) is 21.8 Å². The molecular formula is C23H21N7NaO6S2. The van der Waals surface area contributed by atoms with Crippen molar-refractivity contribution in [2.24, 2.45) is 5.16 Å². The minimum absolute atomic E-state index is 0. The molecule has 2 atom stereocenters. The molecule has 2 saturated heterocycles. The maximum Gasteiger partial charge on any atom is 0.352 e. The van der Waals surface area contributed by atoms with Crippen LogP contribution in [0.4, 0.5) is 5.13 Å². The van der Waals surface area contributed by atoms with Crippen LogP contribution in [0, 0.1) is 0 Å². The molecule has 0 saturated carbocycles. The van der Waals surface area contributed by atoms with E-state index in [9.17, 15) is 29.5 Å². The number of likely N-dealkylation sites (tertiary alicyclic amines) is 1. The van der Waals surface area contributed by atoms with Crippen molar-refractivity contribution in [2.75, 3.05) is 18.0 Å². The Bertz CT molecular complexity index is 1430. The topological polar surface area (TPSA) is 191 Å². The van der Waals surface area contributed by atoms with Gasteiger partial charge in [0.1, 0.15) is 22.8 Å². The quantitative estimate of drug-likeness (QED) is 0.0869. The second-order valence-electron chi connectivity index (χ2n) is 8.56. The van der Waals surface area contributed by atoms with Gasteiger partial charge in [0.15, 0.2) is 10.8 Å². The average molecular weight is 579 g/mol. The maximum atomic E-state index is 13.0. The molecule has 0 aliphatic carbocycles. The Morgan fingerprint density at radius 2 is 2.03 bits per heavy atom. The number of carboxylic acid groups (broad SMARTS) is 1. The molecule has 5 rings (SSSR count). The Balaban J connectivity index is 0.00000353. The number of allylic oxidation sites excluding steroid dienone is 1. The fraction of sp³-hybridized carbons (Fsp3) is 0.261. The molecule has 39 heavy (non-hydrogen) atoms. The van der Waals surface area contributed by atoms with Crippen LogP contribution in [0.5, 0.6) is 0 Å². The van der Waals surface area contributed by atoms with E-state index in [-0.39, 0.29) is 57.7 Å². The molecule has 0 spiro atoms. The summed E-state index contributed by atoms with van der Waals surface area (Å²) >= 11 is 2.31. The van der Waals surface area contributed by atoms with Crippen LogP contribution in [0.15, 0.2) is 58.0 Å². The summed E-state index contributed by atoms with van der Waals surface area (Å²) in [5, 5.41) is 25.6. The average Bonchev–Trinajstić information content (AvgIpc) is 3.48. The Hall–Kier alpha value is -3.24. The molecule has 16 heteroatoms. The van der Waals surface area contributed by atoms with Crippen LogP contribution >= 0.6 is 23.1 Å². The number of anilines is 1. The minimum atomic E-state index is -1.31. The number of nitrogens with one attached hydrogen (secondary N) is 1. The number of β-lactam (4-membered cyclic amide) rings is 1. The van der Waals surface area contributed by atoms with Crippen LogP contribution in [-0.4, -0.2) is 113 Å². The van der Waals surface area contributed by atoms with E-state index in [1.165, 1.54) is 17.1 Å². The number of hydrogen-bond donors (Lipinski definition) is 4. The van der Waals surface area contributed by atoms with E-state index in [2.05, 4.69) is 20.4 Å². The molecule has 3 amide bonds. The first-order chi connectivity index (χ1) is 18.3. The van der Waals surface area contributed by atoms with Crippen molar-refractivity contribution in [1.82, 2.24) is 25.1 Å². The summed E-state index contributed by atoms with van der Waals surface area (Å²) in [4.78, 5) is 61.4. The van der Waals surface area contributed by atoms with Crippen molar-refractivity contribution in [1.29, 1.82) is 0 Å². The number of thiazole rings is 1. The van der Waals surface area contributed by atoms with Crippen molar-refractivity contribution >= 4 is 87.2 Å². The number of fused-ring (bicyclic) bond motifs is 1. The Labute approximate surface area is 252 Å². The third kappa shape index (κ3) is 5.58. The first-order valence-corrected chi connectivity index (χ1v) is 13.3. The number of carbonyl (C=O) groups excluding carboxylic acids is 3. The molecule has 13 nitrogen and oxygen atoms in total. The van der Waals surface area contributed by atoms with Gasteiger partial charge in [-0.3, -0.25) is 24.3 Å². The van der Waals surface area contributed by atoms with Crippen LogP contribution in [0.25, 0.3) is 0 Å². The maximum absolute atomic E-state index is 13.0. The predicted molar refractivity (Wildman–Crippen MR) is 143 cm³/mol. The molecule has 0 unspecified atom stereocenters. The normalized spacial score (nSPS) is 21.9. The largest absolute Gasteiger partial charge is 0.477 e. The van der Waals surface area contributed by atoms with Gasteiger partial charge in [-0.1, -0.05) is 5.16 Å². The zero-order valence-electron chi connectivity index (χ0n) is 20.6. The molecule has 0 aromatic carbocycles. The molecule has 197 valence electrons. The van der Waals surface area contributed by atoms with Crippen LogP contribution in [0.3, 0.4) is 0 Å². The van der Waals surface area contributed by atoms with Gasteiger partial charge in [0.25, 0.3) is 11.8 Å². The van der Waals surface area contributed by atoms with E-state index in [1.807, 2.05) is 12.1 Å². The van der Waals surface area contributed by atoms with E-state index >= 15 is 0 Å². The number of aromatic nitrogens is 2. The van der Waals surface area contributed by atoms with Crippen LogP contribution in [-0.2, 0) is 25.7 Å². The van der Waals surface area contributed by atoms with E-state index in [0.29, 0.717) is 30.7 Å². The summed E-state index contributed by atoms with van der Waals surface area (Å²) in [5.41, 5.74) is 6.73. The molecule has 5 heterocycles. The Morgan fingerprint density at radius 3 is 2.67 bits per heavy atom. The zero-order valence-corrected chi connectivity index (χ0v) is 24.2. The first-order valence-electron chi connectivity index (χ1n) is 11.3. The standard InChI is InChI=1S/C23H21N7O6S2.Na/c24-23-26-14(10-38-23)15(28-36)18(31)27-16-20(33)30-17(22(34)35)13(9-37-21(16)30)7-12-3-6-29(19(12)32)8-11-1-4-25-5-2-11;/h1-2,4-5,7,10,16,21,36H,3,6,8-9H2,(H2,24,26)(H,27,31)(H,34,35);/t16-,21-;/m1./s1. The van der Waals surface area contributed by atoms with Crippen molar-refractivity contribution in [3.63, 3.8) is 0 Å². The number of carboxylic acids is 1. The van der Waals surface area contributed by atoms with Crippen molar-refractivity contribution in [2.45, 2.75) is 24.4 Å². The second kappa shape index (κ2) is 11.9. The van der Waals surface area contributed by atoms with E-state index in [1.54, 1.807) is 23.4 Å². The van der Waals surface area contributed by atoms with Gasteiger partial charge in [-0.2, -0.15) is 0 Å². The number of pyridine rings is 1. The molecule has 2 fully saturated rings. The Morgan fingerprint density at radius 1 is 1.28 bits per heavy atom. The summed E-state index contributed by atoms with van der Waals surface area (Å²) < 4.78 is 0. The SMILES string of the molecule is Nc1nc(C(=NO)C(=O)N[C@@H]2C(=O)N3C(C(=O)O)=C(C=C4CCN(Cc5ccncc5)C4=O)CS[C@H]23)cs1.[Na]. The molecule has 1 radical (unpaired) electrons. The van der Waals surface area contributed by atoms with Gasteiger partial charge < -0.3 is 26.3 Å². The molecule has 2 aromatic rings. The third-order valence-corrected chi connectivity index (χ3v) is 8.23. The number of nitrogens with two attached hydrogens (primary N) is 1. The van der Waals surface area contributed by atoms with Crippen molar-refractivity contribution in [3.8, 4) is 0 Å². The smallest absolute Gasteiger partial charge is 0.352 e. The van der Waals surface area contributed by atoms with Gasteiger partial charge in [0, 0.05) is 71.7 Å². The van der Waals surface area contributed by atoms with E-state index < -0.39 is 34.9 Å². The van der Waals surface area contributed by atoms with Crippen LogP contribution in [0.1, 0.15) is 17.7 Å². The summed E-state index contributed by atoms with van der Waals surface area (Å²) in [6.07, 6.45) is 5.31. The molecular weight excluding hydrogens is 557 g/mol. The van der Waals surface area contributed by atoms with Crippen LogP contribution in [0.2, 0.25) is 0 Å². The van der Waals surface area contributed by atoms with Gasteiger partial charge in [-0.05, 0) is 35.8 Å². The number of aliphatic carboxylic acids is 1. The third-order valence-electron chi connectivity index (χ3n) is 6.25.